The first-order valence-electron chi connectivity index (χ1n) is 7.70. The fourth-order valence-corrected chi connectivity index (χ4v) is 2.89. The first-order valence-corrected chi connectivity index (χ1v) is 7.70. The summed E-state index contributed by atoms with van der Waals surface area (Å²) >= 11 is 0. The number of hydrogen-bond donors (Lipinski definition) is 1. The number of hydrogen-bond acceptors (Lipinski definition) is 3. The molecule has 128 valence electrons. The van der Waals surface area contributed by atoms with E-state index in [1.807, 2.05) is 0 Å². The van der Waals surface area contributed by atoms with Crippen LogP contribution < -0.4 is 11.2 Å². The van der Waals surface area contributed by atoms with Gasteiger partial charge >= 0.3 is 11.7 Å². The average Bonchev–Trinajstić information content (AvgIpc) is 2.58. The highest BCUT2D eigenvalue weighted by molar-refractivity contribution is 5.81. The van der Waals surface area contributed by atoms with E-state index in [1.54, 1.807) is 19.1 Å². The van der Waals surface area contributed by atoms with Gasteiger partial charge < -0.3 is 5.11 Å². The lowest BCUT2D eigenvalue weighted by molar-refractivity contribution is -0.141. The van der Waals surface area contributed by atoms with Crippen molar-refractivity contribution in [3.05, 3.63) is 75.2 Å². The number of fused-ring (bicyclic) bond motifs is 1. The first kappa shape index (κ1) is 16.6. The highest BCUT2D eigenvalue weighted by Crippen LogP contribution is 2.17. The minimum absolute atomic E-state index is 0.0507. The second-order valence-corrected chi connectivity index (χ2v) is 5.55. The van der Waals surface area contributed by atoms with Crippen molar-refractivity contribution < 1.29 is 14.3 Å². The van der Waals surface area contributed by atoms with Gasteiger partial charge in [-0.15, -0.1) is 0 Å². The highest BCUT2D eigenvalue weighted by atomic mass is 19.1. The molecule has 7 heteroatoms. The van der Waals surface area contributed by atoms with Crippen LogP contribution in [-0.4, -0.2) is 20.2 Å². The topological polar surface area (TPSA) is 81.3 Å². The van der Waals surface area contributed by atoms with Crippen LogP contribution in [0.5, 0.6) is 0 Å². The third-order valence-corrected chi connectivity index (χ3v) is 4.04. The summed E-state index contributed by atoms with van der Waals surface area (Å²) in [6.45, 7) is 1.64. The van der Waals surface area contributed by atoms with Crippen LogP contribution in [0.1, 0.15) is 19.4 Å². The van der Waals surface area contributed by atoms with Crippen molar-refractivity contribution in [1.82, 2.24) is 9.13 Å². The van der Waals surface area contributed by atoms with E-state index < -0.39 is 29.1 Å². The molecule has 0 aliphatic heterocycles. The van der Waals surface area contributed by atoms with Crippen molar-refractivity contribution in [3.63, 3.8) is 0 Å². The van der Waals surface area contributed by atoms with Crippen LogP contribution in [-0.2, 0) is 4.79 Å². The van der Waals surface area contributed by atoms with Gasteiger partial charge in [0.25, 0.3) is 5.56 Å². The Bertz CT molecular complexity index is 1080. The number of carboxylic acid groups (broad SMARTS) is 1. The van der Waals surface area contributed by atoms with Crippen molar-refractivity contribution in [2.24, 2.45) is 0 Å². The van der Waals surface area contributed by atoms with E-state index in [2.05, 4.69) is 0 Å². The fraction of sp³-hybridized carbons (Fsp3) is 0.167. The molecular formula is C18H15FN2O4. The van der Waals surface area contributed by atoms with Crippen LogP contribution >= 0.6 is 0 Å². The van der Waals surface area contributed by atoms with Crippen LogP contribution in [0.4, 0.5) is 4.39 Å². The monoisotopic (exact) mass is 342 g/mol. The molecule has 1 aromatic heterocycles. The van der Waals surface area contributed by atoms with Gasteiger partial charge in [-0.1, -0.05) is 25.1 Å². The molecule has 25 heavy (non-hydrogen) atoms. The Morgan fingerprint density at radius 2 is 1.88 bits per heavy atom. The summed E-state index contributed by atoms with van der Waals surface area (Å²) in [6.07, 6.45) is 0.153. The molecule has 3 aromatic rings. The third kappa shape index (κ3) is 2.73. The van der Waals surface area contributed by atoms with E-state index in [4.69, 9.17) is 0 Å². The Hall–Kier alpha value is -3.22. The zero-order chi connectivity index (χ0) is 18.1. The Morgan fingerprint density at radius 1 is 1.16 bits per heavy atom. The second kappa shape index (κ2) is 6.35. The normalized spacial score (nSPS) is 12.2. The quantitative estimate of drug-likeness (QED) is 0.789. The minimum Gasteiger partial charge on any atom is -0.480 e. The van der Waals surface area contributed by atoms with Gasteiger partial charge in [0, 0.05) is 0 Å². The number of halogens is 1. The van der Waals surface area contributed by atoms with Crippen LogP contribution in [0.25, 0.3) is 16.6 Å². The molecule has 2 aromatic carbocycles. The number of nitrogens with zero attached hydrogens (tertiary/aromatic N) is 2. The number of para-hydroxylation sites is 1. The van der Waals surface area contributed by atoms with E-state index in [1.165, 1.54) is 30.3 Å². The number of carboxylic acids is 1. The van der Waals surface area contributed by atoms with Gasteiger partial charge in [-0.25, -0.2) is 18.5 Å². The molecule has 0 bridgehead atoms. The van der Waals surface area contributed by atoms with E-state index in [9.17, 15) is 23.9 Å². The summed E-state index contributed by atoms with van der Waals surface area (Å²) in [6, 6.07) is 10.2. The Labute approximate surface area is 141 Å². The smallest absolute Gasteiger partial charge is 0.336 e. The van der Waals surface area contributed by atoms with E-state index in [0.29, 0.717) is 0 Å². The van der Waals surface area contributed by atoms with Crippen molar-refractivity contribution in [2.75, 3.05) is 0 Å². The maximum atomic E-state index is 13.6. The molecule has 6 nitrogen and oxygen atoms in total. The van der Waals surface area contributed by atoms with Crippen molar-refractivity contribution >= 4 is 16.9 Å². The molecule has 1 N–H and O–H groups in total. The van der Waals surface area contributed by atoms with E-state index in [-0.39, 0.29) is 23.0 Å². The molecule has 0 aliphatic carbocycles. The number of carbonyl (C=O) groups is 1. The van der Waals surface area contributed by atoms with Gasteiger partial charge in [-0.05, 0) is 36.8 Å². The SMILES string of the molecule is CCC(C(=O)O)n1c(=O)n(-c2cccc(F)c2)c(=O)c2ccccc21. The maximum Gasteiger partial charge on any atom is 0.336 e. The summed E-state index contributed by atoms with van der Waals surface area (Å²) in [5.41, 5.74) is -1.15. The van der Waals surface area contributed by atoms with Crippen LogP contribution in [0.3, 0.4) is 0 Å². The zero-order valence-electron chi connectivity index (χ0n) is 13.3. The Kier molecular flexibility index (Phi) is 4.22. The third-order valence-electron chi connectivity index (χ3n) is 4.04. The molecule has 3 rings (SSSR count). The fourth-order valence-electron chi connectivity index (χ4n) is 2.89. The molecule has 0 spiro atoms. The number of aliphatic carboxylic acids is 1. The van der Waals surface area contributed by atoms with Gasteiger partial charge in [0.15, 0.2) is 0 Å². The predicted octanol–water partition coefficient (Wildman–Crippen LogP) is 2.33. The molecule has 0 radical (unpaired) electrons. The summed E-state index contributed by atoms with van der Waals surface area (Å²) in [5.74, 6) is -1.78. The number of rotatable bonds is 4. The lowest BCUT2D eigenvalue weighted by Crippen LogP contribution is -2.42. The van der Waals surface area contributed by atoms with Gasteiger partial charge in [-0.2, -0.15) is 0 Å². The standard InChI is InChI=1S/C18H15FN2O4/c1-2-14(17(23)24)21-15-9-4-3-8-13(15)16(22)20(18(21)25)12-7-5-6-11(19)10-12/h3-10,14H,2H2,1H3,(H,23,24). The minimum atomic E-state index is -1.18. The van der Waals surface area contributed by atoms with Crippen molar-refractivity contribution in [3.8, 4) is 5.69 Å². The van der Waals surface area contributed by atoms with Crippen LogP contribution in [0.15, 0.2) is 58.1 Å². The van der Waals surface area contributed by atoms with E-state index >= 15 is 0 Å². The average molecular weight is 342 g/mol. The molecule has 0 saturated carbocycles. The van der Waals surface area contributed by atoms with Gasteiger partial charge in [0.05, 0.1) is 16.6 Å². The van der Waals surface area contributed by atoms with Crippen molar-refractivity contribution in [2.45, 2.75) is 19.4 Å². The molecule has 0 amide bonds. The molecule has 1 atom stereocenters. The Balaban J connectivity index is 2.50. The second-order valence-electron chi connectivity index (χ2n) is 5.55. The van der Waals surface area contributed by atoms with Gasteiger partial charge in [0.2, 0.25) is 0 Å². The summed E-state index contributed by atoms with van der Waals surface area (Å²) in [5, 5.41) is 9.66. The van der Waals surface area contributed by atoms with Gasteiger partial charge in [-0.3, -0.25) is 9.36 Å². The van der Waals surface area contributed by atoms with Crippen LogP contribution in [0.2, 0.25) is 0 Å². The van der Waals surface area contributed by atoms with Gasteiger partial charge in [0.1, 0.15) is 11.9 Å². The predicted molar refractivity (Wildman–Crippen MR) is 90.7 cm³/mol. The Morgan fingerprint density at radius 3 is 2.52 bits per heavy atom. The molecule has 1 unspecified atom stereocenters. The van der Waals surface area contributed by atoms with E-state index in [0.717, 1.165) is 15.2 Å². The molecular weight excluding hydrogens is 327 g/mol. The number of aromatic nitrogens is 2. The summed E-state index contributed by atoms with van der Waals surface area (Å²) in [7, 11) is 0. The largest absolute Gasteiger partial charge is 0.480 e. The lowest BCUT2D eigenvalue weighted by atomic mass is 10.1. The number of benzene rings is 2. The maximum absolute atomic E-state index is 13.6. The lowest BCUT2D eigenvalue weighted by Gasteiger charge is -2.18. The first-order chi connectivity index (χ1) is 12.0. The summed E-state index contributed by atoms with van der Waals surface area (Å²) in [4.78, 5) is 37.3. The highest BCUT2D eigenvalue weighted by Gasteiger charge is 2.24. The molecule has 0 fully saturated rings. The van der Waals surface area contributed by atoms with Crippen LogP contribution in [0, 0.1) is 5.82 Å². The molecule has 0 saturated heterocycles. The molecule has 0 aliphatic rings. The molecule has 1 heterocycles. The van der Waals surface area contributed by atoms with Crippen molar-refractivity contribution in [1.29, 1.82) is 0 Å². The zero-order valence-corrected chi connectivity index (χ0v) is 13.3. The summed E-state index contributed by atoms with van der Waals surface area (Å²) < 4.78 is 15.4.